The van der Waals surface area contributed by atoms with Crippen molar-refractivity contribution in [1.29, 1.82) is 0 Å². The van der Waals surface area contributed by atoms with Gasteiger partial charge in [0.05, 0.1) is 9.24 Å². The number of imide groups is 1. The van der Waals surface area contributed by atoms with Crippen LogP contribution in [0.25, 0.3) is 0 Å². The van der Waals surface area contributed by atoms with E-state index in [4.69, 9.17) is 11.6 Å². The minimum atomic E-state index is -0.278. The Morgan fingerprint density at radius 1 is 1.28 bits per heavy atom. The number of thioether (sulfide) groups is 1. The molecule has 6 heteroatoms. The number of hydrogen-bond donors (Lipinski definition) is 1. The van der Waals surface area contributed by atoms with Gasteiger partial charge in [-0.25, -0.2) is 0 Å². The molecule has 0 unspecified atom stereocenters. The van der Waals surface area contributed by atoms with Crippen molar-refractivity contribution in [2.24, 2.45) is 0 Å². The third-order valence-electron chi connectivity index (χ3n) is 2.48. The molecule has 3 nitrogen and oxygen atoms in total. The summed E-state index contributed by atoms with van der Waals surface area (Å²) in [5, 5.41) is 1.96. The van der Waals surface area contributed by atoms with E-state index in [0.717, 1.165) is 41.8 Å². The molecular weight excluding hydrogens is 290 g/mol. The standard InChI is InChI=1S/C12H12ClNO2S2/c13-10-7-6-8(17-10)4-2-1-3-5-9-11(15)14-12(16)18-9/h5-7H,1-4H2,(H,14,15,16). The summed E-state index contributed by atoms with van der Waals surface area (Å²) in [6, 6.07) is 3.96. The van der Waals surface area contributed by atoms with E-state index in [1.807, 2.05) is 18.2 Å². The molecule has 0 aliphatic carbocycles. The Hall–Kier alpha value is -0.780. The summed E-state index contributed by atoms with van der Waals surface area (Å²) >= 11 is 8.43. The van der Waals surface area contributed by atoms with E-state index in [1.54, 1.807) is 11.3 Å². The Bertz CT molecular complexity index is 496. The highest BCUT2D eigenvalue weighted by molar-refractivity contribution is 8.18. The molecule has 1 aromatic heterocycles. The third kappa shape index (κ3) is 3.86. The molecule has 1 fully saturated rings. The van der Waals surface area contributed by atoms with Crippen LogP contribution >= 0.6 is 34.7 Å². The van der Waals surface area contributed by atoms with Crippen LogP contribution in [0.2, 0.25) is 4.34 Å². The number of nitrogens with one attached hydrogen (secondary N) is 1. The van der Waals surface area contributed by atoms with Crippen LogP contribution < -0.4 is 5.32 Å². The van der Waals surface area contributed by atoms with Gasteiger partial charge in [0.2, 0.25) is 0 Å². The lowest BCUT2D eigenvalue weighted by molar-refractivity contribution is -0.115. The van der Waals surface area contributed by atoms with Crippen LogP contribution in [0.15, 0.2) is 23.1 Å². The summed E-state index contributed by atoms with van der Waals surface area (Å²) in [7, 11) is 0. The molecule has 0 aromatic carbocycles. The van der Waals surface area contributed by atoms with Gasteiger partial charge < -0.3 is 0 Å². The maximum atomic E-state index is 11.2. The predicted octanol–water partition coefficient (Wildman–Crippen LogP) is 3.98. The molecule has 96 valence electrons. The average Bonchev–Trinajstić information content (AvgIpc) is 2.85. The van der Waals surface area contributed by atoms with Gasteiger partial charge in [0, 0.05) is 4.88 Å². The second-order valence-electron chi connectivity index (χ2n) is 3.86. The Labute approximate surface area is 119 Å². The maximum absolute atomic E-state index is 11.2. The smallest absolute Gasteiger partial charge is 0.282 e. The molecule has 0 atom stereocenters. The number of aryl methyl sites for hydroxylation is 1. The summed E-state index contributed by atoms with van der Waals surface area (Å²) in [6.07, 6.45) is 5.73. The Kier molecular flexibility index (Phi) is 4.86. The van der Waals surface area contributed by atoms with Crippen LogP contribution in [-0.2, 0) is 11.2 Å². The Balaban J connectivity index is 1.68. The molecule has 2 amide bonds. The van der Waals surface area contributed by atoms with Crippen molar-refractivity contribution in [1.82, 2.24) is 5.32 Å². The highest BCUT2D eigenvalue weighted by Crippen LogP contribution is 2.25. The third-order valence-corrected chi connectivity index (χ3v) is 4.63. The topological polar surface area (TPSA) is 46.2 Å². The number of amides is 2. The monoisotopic (exact) mass is 301 g/mol. The molecule has 0 bridgehead atoms. The van der Waals surface area contributed by atoms with Gasteiger partial charge in [0.25, 0.3) is 11.1 Å². The van der Waals surface area contributed by atoms with Crippen molar-refractivity contribution in [3.05, 3.63) is 32.3 Å². The van der Waals surface area contributed by atoms with Crippen LogP contribution in [0.1, 0.15) is 24.1 Å². The molecule has 1 aliphatic rings. The molecule has 18 heavy (non-hydrogen) atoms. The van der Waals surface area contributed by atoms with Gasteiger partial charge in [-0.05, 0) is 49.6 Å². The molecule has 0 saturated carbocycles. The average molecular weight is 302 g/mol. The first-order chi connectivity index (χ1) is 8.65. The van der Waals surface area contributed by atoms with E-state index in [2.05, 4.69) is 5.32 Å². The van der Waals surface area contributed by atoms with Crippen LogP contribution in [-0.4, -0.2) is 11.1 Å². The molecule has 1 aromatic rings. The first-order valence-corrected chi connectivity index (χ1v) is 7.64. The van der Waals surface area contributed by atoms with Gasteiger partial charge in [-0.2, -0.15) is 0 Å². The van der Waals surface area contributed by atoms with E-state index in [0.29, 0.717) is 4.91 Å². The normalized spacial score (nSPS) is 17.5. The summed E-state index contributed by atoms with van der Waals surface area (Å²) in [4.78, 5) is 24.0. The van der Waals surface area contributed by atoms with Gasteiger partial charge in [-0.1, -0.05) is 17.7 Å². The quantitative estimate of drug-likeness (QED) is 0.661. The molecule has 2 heterocycles. The van der Waals surface area contributed by atoms with Crippen molar-refractivity contribution in [2.45, 2.75) is 25.7 Å². The fourth-order valence-corrected chi connectivity index (χ4v) is 3.44. The SMILES string of the molecule is O=C1NC(=O)C(=CCCCCc2ccc(Cl)s2)S1. The van der Waals surface area contributed by atoms with Gasteiger partial charge in [0.1, 0.15) is 0 Å². The van der Waals surface area contributed by atoms with Crippen molar-refractivity contribution in [3.8, 4) is 0 Å². The highest BCUT2D eigenvalue weighted by atomic mass is 35.5. The summed E-state index contributed by atoms with van der Waals surface area (Å²) in [6.45, 7) is 0. The second-order valence-corrected chi connectivity index (χ2v) is 6.68. The number of hydrogen-bond acceptors (Lipinski definition) is 4. The van der Waals surface area contributed by atoms with E-state index in [1.165, 1.54) is 4.88 Å². The van der Waals surface area contributed by atoms with Crippen molar-refractivity contribution < 1.29 is 9.59 Å². The fourth-order valence-electron chi connectivity index (χ4n) is 1.62. The van der Waals surface area contributed by atoms with Crippen LogP contribution in [0.5, 0.6) is 0 Å². The molecular formula is C12H12ClNO2S2. The Morgan fingerprint density at radius 2 is 2.11 bits per heavy atom. The largest absolute Gasteiger partial charge is 0.290 e. The van der Waals surface area contributed by atoms with Crippen molar-refractivity contribution in [3.63, 3.8) is 0 Å². The Morgan fingerprint density at radius 3 is 2.72 bits per heavy atom. The molecule has 0 spiro atoms. The first-order valence-electron chi connectivity index (χ1n) is 5.62. The number of carbonyl (C=O) groups is 2. The molecule has 2 rings (SSSR count). The van der Waals surface area contributed by atoms with E-state index < -0.39 is 0 Å². The van der Waals surface area contributed by atoms with Crippen molar-refractivity contribution >= 4 is 45.8 Å². The number of carbonyl (C=O) groups excluding carboxylic acids is 2. The fraction of sp³-hybridized carbons (Fsp3) is 0.333. The first kappa shape index (κ1) is 13.6. The summed E-state index contributed by atoms with van der Waals surface area (Å²) in [5.74, 6) is -0.268. The zero-order chi connectivity index (χ0) is 13.0. The number of allylic oxidation sites excluding steroid dienone is 1. The molecule has 0 radical (unpaired) electrons. The minimum absolute atomic E-state index is 0.268. The van der Waals surface area contributed by atoms with Gasteiger partial charge in [0.15, 0.2) is 0 Å². The zero-order valence-corrected chi connectivity index (χ0v) is 12.0. The van der Waals surface area contributed by atoms with Gasteiger partial charge >= 0.3 is 0 Å². The summed E-state index contributed by atoms with van der Waals surface area (Å²) < 4.78 is 0.824. The van der Waals surface area contributed by atoms with Crippen LogP contribution in [0.3, 0.4) is 0 Å². The van der Waals surface area contributed by atoms with Crippen molar-refractivity contribution in [2.75, 3.05) is 0 Å². The summed E-state index contributed by atoms with van der Waals surface area (Å²) in [5.41, 5.74) is 0. The second kappa shape index (κ2) is 6.41. The minimum Gasteiger partial charge on any atom is -0.282 e. The highest BCUT2D eigenvalue weighted by Gasteiger charge is 2.24. The van der Waals surface area contributed by atoms with Crippen LogP contribution in [0, 0.1) is 0 Å². The zero-order valence-electron chi connectivity index (χ0n) is 9.57. The van der Waals surface area contributed by atoms with E-state index in [9.17, 15) is 9.59 Å². The number of thiophene rings is 1. The molecule has 1 saturated heterocycles. The molecule has 1 N–H and O–H groups in total. The van der Waals surface area contributed by atoms with Gasteiger partial charge in [-0.15, -0.1) is 11.3 Å². The van der Waals surface area contributed by atoms with E-state index in [-0.39, 0.29) is 11.1 Å². The number of unbranched alkanes of at least 4 members (excludes halogenated alkanes) is 2. The predicted molar refractivity (Wildman–Crippen MR) is 76.1 cm³/mol. The van der Waals surface area contributed by atoms with E-state index >= 15 is 0 Å². The maximum Gasteiger partial charge on any atom is 0.290 e. The number of halogens is 1. The number of rotatable bonds is 5. The lowest BCUT2D eigenvalue weighted by atomic mass is 10.1. The van der Waals surface area contributed by atoms with Crippen LogP contribution in [0.4, 0.5) is 4.79 Å². The lowest BCUT2D eigenvalue weighted by Gasteiger charge is -1.96. The van der Waals surface area contributed by atoms with Gasteiger partial charge in [-0.3, -0.25) is 14.9 Å². The molecule has 1 aliphatic heterocycles. The lowest BCUT2D eigenvalue weighted by Crippen LogP contribution is -2.17.